The molecule has 1 aromatic carbocycles. The molecule has 0 aliphatic heterocycles. The van der Waals surface area contributed by atoms with Crippen molar-refractivity contribution in [3.63, 3.8) is 0 Å². The van der Waals surface area contributed by atoms with E-state index in [-0.39, 0.29) is 6.04 Å². The summed E-state index contributed by atoms with van der Waals surface area (Å²) < 4.78 is 1.95. The van der Waals surface area contributed by atoms with Crippen LogP contribution >= 0.6 is 11.8 Å². The molecule has 3 N–H and O–H groups in total. The fourth-order valence-electron chi connectivity index (χ4n) is 2.14. The van der Waals surface area contributed by atoms with Gasteiger partial charge < -0.3 is 0 Å². The van der Waals surface area contributed by atoms with E-state index < -0.39 is 0 Å². The number of hydrogen-bond acceptors (Lipinski definition) is 5. The Hall–Kier alpha value is -1.37. The molecule has 0 saturated heterocycles. The van der Waals surface area contributed by atoms with Crippen LogP contribution in [0.3, 0.4) is 0 Å². The van der Waals surface area contributed by atoms with Crippen molar-refractivity contribution in [1.82, 2.24) is 20.2 Å². The summed E-state index contributed by atoms with van der Waals surface area (Å²) >= 11 is 1.80. The van der Waals surface area contributed by atoms with Crippen LogP contribution in [0.1, 0.15) is 31.3 Å². The monoisotopic (exact) mass is 305 g/mol. The number of hydrazine groups is 1. The van der Waals surface area contributed by atoms with Gasteiger partial charge in [-0.2, -0.15) is 5.10 Å². The molecular formula is C15H23N5S. The van der Waals surface area contributed by atoms with Crippen LogP contribution in [-0.2, 0) is 6.42 Å². The van der Waals surface area contributed by atoms with Crippen LogP contribution in [0.5, 0.6) is 0 Å². The van der Waals surface area contributed by atoms with Crippen molar-refractivity contribution in [2.24, 2.45) is 5.84 Å². The first-order valence-electron chi connectivity index (χ1n) is 7.14. The molecule has 0 amide bonds. The van der Waals surface area contributed by atoms with E-state index in [1.54, 1.807) is 18.1 Å². The van der Waals surface area contributed by atoms with Crippen LogP contribution in [0.4, 0.5) is 0 Å². The van der Waals surface area contributed by atoms with Gasteiger partial charge in [-0.15, -0.1) is 11.8 Å². The molecule has 2 rings (SSSR count). The van der Waals surface area contributed by atoms with E-state index in [0.29, 0.717) is 6.04 Å². The summed E-state index contributed by atoms with van der Waals surface area (Å²) in [7, 11) is 0. The topological polar surface area (TPSA) is 68.8 Å². The van der Waals surface area contributed by atoms with Gasteiger partial charge >= 0.3 is 0 Å². The normalized spacial score (nSPS) is 12.8. The Kier molecular flexibility index (Phi) is 5.78. The van der Waals surface area contributed by atoms with Gasteiger partial charge in [0.05, 0.1) is 0 Å². The minimum absolute atomic E-state index is 0.164. The number of aromatic nitrogens is 3. The predicted molar refractivity (Wildman–Crippen MR) is 87.1 cm³/mol. The summed E-state index contributed by atoms with van der Waals surface area (Å²) in [6.45, 7) is 6.31. The third-order valence-electron chi connectivity index (χ3n) is 3.24. The maximum Gasteiger partial charge on any atom is 0.138 e. The van der Waals surface area contributed by atoms with E-state index in [4.69, 9.17) is 5.84 Å². The summed E-state index contributed by atoms with van der Waals surface area (Å²) in [5, 5.41) is 4.26. The zero-order valence-electron chi connectivity index (χ0n) is 12.8. The number of nitrogens with two attached hydrogens (primary N) is 1. The Balaban J connectivity index is 1.95. The first-order valence-corrected chi connectivity index (χ1v) is 8.12. The number of aryl methyl sites for hydroxylation is 1. The van der Waals surface area contributed by atoms with Crippen LogP contribution in [0.15, 0.2) is 35.5 Å². The molecule has 1 unspecified atom stereocenters. The lowest BCUT2D eigenvalue weighted by molar-refractivity contribution is 0.477. The molecule has 1 atom stereocenters. The minimum Gasteiger partial charge on any atom is -0.271 e. The Morgan fingerprint density at radius 2 is 2.19 bits per heavy atom. The van der Waals surface area contributed by atoms with Gasteiger partial charge in [0.25, 0.3) is 0 Å². The first kappa shape index (κ1) is 16.0. The third kappa shape index (κ3) is 4.56. The van der Waals surface area contributed by atoms with Crippen molar-refractivity contribution in [3.8, 4) is 0 Å². The summed E-state index contributed by atoms with van der Waals surface area (Å²) in [5.41, 5.74) is 4.16. The van der Waals surface area contributed by atoms with Gasteiger partial charge in [0.2, 0.25) is 0 Å². The standard InChI is InChI=1S/C15H23N5S/c1-11(2)20-15(17-10-18-20)8-13(19-16)9-21-14-6-4-5-12(3)7-14/h4-7,10-11,13,19H,8-9,16H2,1-3H3. The second-order valence-corrected chi connectivity index (χ2v) is 6.50. The highest BCUT2D eigenvalue weighted by Gasteiger charge is 2.14. The molecule has 5 nitrogen and oxygen atoms in total. The lowest BCUT2D eigenvalue weighted by Crippen LogP contribution is -2.39. The van der Waals surface area contributed by atoms with Gasteiger partial charge in [-0.25, -0.2) is 9.67 Å². The van der Waals surface area contributed by atoms with Crippen LogP contribution < -0.4 is 11.3 Å². The number of nitrogens with zero attached hydrogens (tertiary/aromatic N) is 3. The van der Waals surface area contributed by atoms with E-state index in [1.165, 1.54) is 10.5 Å². The summed E-state index contributed by atoms with van der Waals surface area (Å²) in [4.78, 5) is 5.61. The zero-order valence-corrected chi connectivity index (χ0v) is 13.6. The molecule has 1 heterocycles. The molecule has 0 bridgehead atoms. The zero-order chi connectivity index (χ0) is 15.2. The highest BCUT2D eigenvalue weighted by molar-refractivity contribution is 7.99. The minimum atomic E-state index is 0.164. The number of nitrogens with one attached hydrogen (secondary N) is 1. The van der Waals surface area contributed by atoms with Gasteiger partial charge in [-0.3, -0.25) is 11.3 Å². The summed E-state index contributed by atoms with van der Waals surface area (Å²) in [6.07, 6.45) is 2.38. The highest BCUT2D eigenvalue weighted by atomic mass is 32.2. The SMILES string of the molecule is Cc1cccc(SCC(Cc2ncnn2C(C)C)NN)c1. The molecular weight excluding hydrogens is 282 g/mol. The number of hydrogen-bond donors (Lipinski definition) is 2. The Labute approximate surface area is 130 Å². The quantitative estimate of drug-likeness (QED) is 0.467. The molecule has 114 valence electrons. The lowest BCUT2D eigenvalue weighted by atomic mass is 10.2. The fraction of sp³-hybridized carbons (Fsp3) is 0.467. The van der Waals surface area contributed by atoms with Crippen molar-refractivity contribution >= 4 is 11.8 Å². The summed E-state index contributed by atoms with van der Waals surface area (Å²) in [5.74, 6) is 7.55. The highest BCUT2D eigenvalue weighted by Crippen LogP contribution is 2.20. The maximum absolute atomic E-state index is 5.69. The van der Waals surface area contributed by atoms with Crippen LogP contribution in [0, 0.1) is 6.92 Å². The lowest BCUT2D eigenvalue weighted by Gasteiger charge is -2.17. The fourth-order valence-corrected chi connectivity index (χ4v) is 3.19. The molecule has 0 fully saturated rings. The van der Waals surface area contributed by atoms with Crippen LogP contribution in [0.2, 0.25) is 0 Å². The van der Waals surface area contributed by atoms with Crippen molar-refractivity contribution in [3.05, 3.63) is 42.0 Å². The van der Waals surface area contributed by atoms with Crippen molar-refractivity contribution in [2.45, 2.75) is 44.2 Å². The molecule has 0 spiro atoms. The van der Waals surface area contributed by atoms with E-state index in [2.05, 4.69) is 60.5 Å². The van der Waals surface area contributed by atoms with E-state index in [0.717, 1.165) is 18.0 Å². The first-order chi connectivity index (χ1) is 10.1. The average molecular weight is 305 g/mol. The van der Waals surface area contributed by atoms with Crippen molar-refractivity contribution in [2.75, 3.05) is 5.75 Å². The number of benzene rings is 1. The van der Waals surface area contributed by atoms with E-state index >= 15 is 0 Å². The molecule has 2 aromatic rings. The molecule has 6 heteroatoms. The molecule has 0 radical (unpaired) electrons. The van der Waals surface area contributed by atoms with Crippen molar-refractivity contribution < 1.29 is 0 Å². The van der Waals surface area contributed by atoms with Gasteiger partial charge in [0.15, 0.2) is 0 Å². The molecule has 0 aliphatic carbocycles. The number of thioether (sulfide) groups is 1. The Morgan fingerprint density at radius 3 is 2.86 bits per heavy atom. The molecule has 0 saturated carbocycles. The molecule has 0 aliphatic rings. The van der Waals surface area contributed by atoms with Crippen LogP contribution in [-0.4, -0.2) is 26.6 Å². The number of rotatable bonds is 7. The smallest absolute Gasteiger partial charge is 0.138 e. The third-order valence-corrected chi connectivity index (χ3v) is 4.40. The molecule has 1 aromatic heterocycles. The Morgan fingerprint density at radius 1 is 1.38 bits per heavy atom. The van der Waals surface area contributed by atoms with Gasteiger partial charge in [0, 0.05) is 29.2 Å². The van der Waals surface area contributed by atoms with Crippen LogP contribution in [0.25, 0.3) is 0 Å². The van der Waals surface area contributed by atoms with E-state index in [1.807, 2.05) is 4.68 Å². The average Bonchev–Trinajstić information content (AvgIpc) is 2.91. The summed E-state index contributed by atoms with van der Waals surface area (Å²) in [6, 6.07) is 8.98. The Bertz CT molecular complexity index is 567. The van der Waals surface area contributed by atoms with E-state index in [9.17, 15) is 0 Å². The van der Waals surface area contributed by atoms with Gasteiger partial charge in [0.1, 0.15) is 12.2 Å². The molecule has 21 heavy (non-hydrogen) atoms. The second kappa shape index (κ2) is 7.59. The largest absolute Gasteiger partial charge is 0.271 e. The van der Waals surface area contributed by atoms with Crippen molar-refractivity contribution in [1.29, 1.82) is 0 Å². The van der Waals surface area contributed by atoms with Gasteiger partial charge in [-0.1, -0.05) is 17.7 Å². The van der Waals surface area contributed by atoms with Gasteiger partial charge in [-0.05, 0) is 32.9 Å². The second-order valence-electron chi connectivity index (χ2n) is 5.41. The predicted octanol–water partition coefficient (Wildman–Crippen LogP) is 2.33. The maximum atomic E-state index is 5.69.